The van der Waals surface area contributed by atoms with Crippen molar-refractivity contribution in [1.29, 1.82) is 0 Å². The molecule has 0 aliphatic heterocycles. The first kappa shape index (κ1) is 14.2. The van der Waals surface area contributed by atoms with E-state index in [0.717, 1.165) is 12.8 Å². The highest BCUT2D eigenvalue weighted by Gasteiger charge is 2.15. The summed E-state index contributed by atoms with van der Waals surface area (Å²) in [5.41, 5.74) is 0. The minimum absolute atomic E-state index is 0.249. The van der Waals surface area contributed by atoms with Crippen molar-refractivity contribution in [2.45, 2.75) is 65.8 Å². The largest absolute Gasteiger partial charge is 0.317 e. The van der Waals surface area contributed by atoms with E-state index in [1.54, 1.807) is 0 Å². The highest BCUT2D eigenvalue weighted by atomic mass is 16.2. The van der Waals surface area contributed by atoms with Gasteiger partial charge in [-0.2, -0.15) is 0 Å². The molecule has 0 aliphatic carbocycles. The number of unbranched alkanes of at least 4 members (excludes halogenated alkanes) is 1. The predicted molar refractivity (Wildman–Crippen MR) is 65.6 cm³/mol. The smallest absolute Gasteiger partial charge is 0.226 e. The first-order valence-corrected chi connectivity index (χ1v) is 6.11. The molecule has 2 nitrogen and oxygen atoms in total. The fourth-order valence-corrected chi connectivity index (χ4v) is 1.62. The van der Waals surface area contributed by atoms with E-state index in [1.165, 1.54) is 12.8 Å². The molecule has 0 aromatic rings. The highest BCUT2D eigenvalue weighted by molar-refractivity contribution is 5.77. The Bertz CT molecular complexity index is 199. The van der Waals surface area contributed by atoms with E-state index in [1.807, 2.05) is 31.0 Å². The number of hydrogen-bond acceptors (Lipinski definition) is 1. The average Bonchev–Trinajstić information content (AvgIpc) is 2.22. The molecule has 0 N–H and O–H groups in total. The summed E-state index contributed by atoms with van der Waals surface area (Å²) in [4.78, 5) is 13.7. The SMILES string of the molecule is C/C=C/N(C(=O)CCC)C(C)CCCC. The first-order chi connectivity index (χ1) is 7.17. The van der Waals surface area contributed by atoms with E-state index in [9.17, 15) is 4.79 Å². The van der Waals surface area contributed by atoms with Gasteiger partial charge in [0.25, 0.3) is 0 Å². The Labute approximate surface area is 94.4 Å². The lowest BCUT2D eigenvalue weighted by molar-refractivity contribution is -0.130. The van der Waals surface area contributed by atoms with Gasteiger partial charge in [0, 0.05) is 18.7 Å². The maximum absolute atomic E-state index is 11.8. The normalized spacial score (nSPS) is 13.1. The summed E-state index contributed by atoms with van der Waals surface area (Å²) in [7, 11) is 0. The minimum Gasteiger partial charge on any atom is -0.317 e. The van der Waals surface area contributed by atoms with Gasteiger partial charge in [-0.25, -0.2) is 0 Å². The van der Waals surface area contributed by atoms with Crippen molar-refractivity contribution in [3.8, 4) is 0 Å². The van der Waals surface area contributed by atoms with Gasteiger partial charge >= 0.3 is 0 Å². The Balaban J connectivity index is 4.29. The van der Waals surface area contributed by atoms with Gasteiger partial charge in [0.15, 0.2) is 0 Å². The van der Waals surface area contributed by atoms with Gasteiger partial charge in [0.05, 0.1) is 0 Å². The van der Waals surface area contributed by atoms with Crippen molar-refractivity contribution in [2.75, 3.05) is 0 Å². The van der Waals surface area contributed by atoms with E-state index in [0.29, 0.717) is 12.5 Å². The third kappa shape index (κ3) is 5.60. The Morgan fingerprint density at radius 2 is 2.00 bits per heavy atom. The highest BCUT2D eigenvalue weighted by Crippen LogP contribution is 2.11. The van der Waals surface area contributed by atoms with Gasteiger partial charge in [-0.1, -0.05) is 32.8 Å². The molecular formula is C13H25NO. The monoisotopic (exact) mass is 211 g/mol. The van der Waals surface area contributed by atoms with Crippen LogP contribution in [0.15, 0.2) is 12.3 Å². The molecule has 0 radical (unpaired) electrons. The molecule has 0 aliphatic rings. The molecule has 0 saturated heterocycles. The Kier molecular flexibility index (Phi) is 8.06. The summed E-state index contributed by atoms with van der Waals surface area (Å²) in [6.45, 7) is 8.31. The van der Waals surface area contributed by atoms with Crippen molar-refractivity contribution >= 4 is 5.91 Å². The molecule has 1 unspecified atom stereocenters. The van der Waals surface area contributed by atoms with Gasteiger partial charge in [0.1, 0.15) is 0 Å². The molecule has 2 heteroatoms. The van der Waals surface area contributed by atoms with Gasteiger partial charge in [-0.05, 0) is 26.7 Å². The Morgan fingerprint density at radius 3 is 2.47 bits per heavy atom. The molecule has 15 heavy (non-hydrogen) atoms. The summed E-state index contributed by atoms with van der Waals surface area (Å²) in [5.74, 6) is 0.249. The van der Waals surface area contributed by atoms with Crippen LogP contribution >= 0.6 is 0 Å². The van der Waals surface area contributed by atoms with E-state index < -0.39 is 0 Å². The lowest BCUT2D eigenvalue weighted by Crippen LogP contribution is -2.33. The average molecular weight is 211 g/mol. The van der Waals surface area contributed by atoms with Crippen LogP contribution in [0.1, 0.15) is 59.8 Å². The van der Waals surface area contributed by atoms with E-state index in [4.69, 9.17) is 0 Å². The number of rotatable bonds is 7. The number of allylic oxidation sites excluding steroid dienone is 1. The standard InChI is InChI=1S/C13H25NO/c1-5-8-10-12(4)14(11-7-3)13(15)9-6-2/h7,11-12H,5-6,8-10H2,1-4H3/b11-7+. The third-order valence-corrected chi connectivity index (χ3v) is 2.51. The Morgan fingerprint density at radius 1 is 1.33 bits per heavy atom. The van der Waals surface area contributed by atoms with Crippen LogP contribution in [-0.2, 0) is 4.79 Å². The second-order valence-corrected chi connectivity index (χ2v) is 4.02. The molecule has 0 heterocycles. The van der Waals surface area contributed by atoms with E-state index in [-0.39, 0.29) is 5.91 Å². The van der Waals surface area contributed by atoms with Crippen LogP contribution in [0.3, 0.4) is 0 Å². The number of amides is 1. The summed E-state index contributed by atoms with van der Waals surface area (Å²) in [6, 6.07) is 0.334. The van der Waals surface area contributed by atoms with Crippen LogP contribution in [0.5, 0.6) is 0 Å². The number of nitrogens with zero attached hydrogens (tertiary/aromatic N) is 1. The fourth-order valence-electron chi connectivity index (χ4n) is 1.62. The summed E-state index contributed by atoms with van der Waals surface area (Å²) in [5, 5.41) is 0. The quantitative estimate of drug-likeness (QED) is 0.628. The lowest BCUT2D eigenvalue weighted by Gasteiger charge is -2.25. The van der Waals surface area contributed by atoms with Gasteiger partial charge in [0.2, 0.25) is 5.91 Å². The minimum atomic E-state index is 0.249. The number of hydrogen-bond donors (Lipinski definition) is 0. The molecule has 0 bridgehead atoms. The number of carbonyl (C=O) groups excluding carboxylic acids is 1. The fraction of sp³-hybridized carbons (Fsp3) is 0.769. The molecular weight excluding hydrogens is 186 g/mol. The maximum atomic E-state index is 11.8. The molecule has 0 rings (SSSR count). The molecule has 0 saturated carbocycles. The second-order valence-electron chi connectivity index (χ2n) is 4.02. The van der Waals surface area contributed by atoms with Gasteiger partial charge in [-0.15, -0.1) is 0 Å². The lowest BCUT2D eigenvalue weighted by atomic mass is 10.1. The van der Waals surface area contributed by atoms with E-state index >= 15 is 0 Å². The topological polar surface area (TPSA) is 20.3 Å². The van der Waals surface area contributed by atoms with Crippen molar-refractivity contribution in [3.63, 3.8) is 0 Å². The zero-order chi connectivity index (χ0) is 11.7. The molecule has 88 valence electrons. The van der Waals surface area contributed by atoms with Crippen LogP contribution in [0.25, 0.3) is 0 Å². The van der Waals surface area contributed by atoms with Crippen LogP contribution in [0.4, 0.5) is 0 Å². The molecule has 1 amide bonds. The molecule has 0 aromatic heterocycles. The molecule has 0 aromatic carbocycles. The maximum Gasteiger partial charge on any atom is 0.226 e. The number of carbonyl (C=O) groups is 1. The molecule has 0 spiro atoms. The van der Waals surface area contributed by atoms with Crippen molar-refractivity contribution < 1.29 is 4.79 Å². The van der Waals surface area contributed by atoms with Crippen LogP contribution in [0, 0.1) is 0 Å². The summed E-state index contributed by atoms with van der Waals surface area (Å²) < 4.78 is 0. The first-order valence-electron chi connectivity index (χ1n) is 6.11. The van der Waals surface area contributed by atoms with Crippen molar-refractivity contribution in [2.24, 2.45) is 0 Å². The van der Waals surface area contributed by atoms with Crippen LogP contribution in [0.2, 0.25) is 0 Å². The van der Waals surface area contributed by atoms with Crippen LogP contribution in [-0.4, -0.2) is 16.8 Å². The van der Waals surface area contributed by atoms with E-state index in [2.05, 4.69) is 13.8 Å². The summed E-state index contributed by atoms with van der Waals surface area (Å²) in [6.07, 6.45) is 8.91. The molecule has 1 atom stereocenters. The predicted octanol–water partition coefficient (Wildman–Crippen LogP) is 3.73. The third-order valence-electron chi connectivity index (χ3n) is 2.51. The van der Waals surface area contributed by atoms with Crippen molar-refractivity contribution in [3.05, 3.63) is 12.3 Å². The van der Waals surface area contributed by atoms with Crippen LogP contribution < -0.4 is 0 Å². The molecule has 0 fully saturated rings. The zero-order valence-corrected chi connectivity index (χ0v) is 10.6. The Hall–Kier alpha value is -0.790. The van der Waals surface area contributed by atoms with Gasteiger partial charge < -0.3 is 4.90 Å². The van der Waals surface area contributed by atoms with Crippen molar-refractivity contribution in [1.82, 2.24) is 4.90 Å². The van der Waals surface area contributed by atoms with Gasteiger partial charge in [-0.3, -0.25) is 4.79 Å². The zero-order valence-electron chi connectivity index (χ0n) is 10.6. The summed E-state index contributed by atoms with van der Waals surface area (Å²) >= 11 is 0. The second kappa shape index (κ2) is 8.51.